The van der Waals surface area contributed by atoms with Gasteiger partial charge < -0.3 is 10.1 Å². The lowest BCUT2D eigenvalue weighted by Crippen LogP contribution is -2.33. The van der Waals surface area contributed by atoms with Crippen molar-refractivity contribution in [3.63, 3.8) is 0 Å². The molecule has 0 aromatic heterocycles. The van der Waals surface area contributed by atoms with Crippen molar-refractivity contribution < 1.29 is 17.9 Å². The standard InChI is InChI=1S/C13H15ClF3NO/c1-8-6-10(4-5-19-8)18-12-3-2-9(14)7-11(12)13(15,16)17/h2-3,7-8,10,18H,4-6H2,1H3. The molecule has 0 spiro atoms. The summed E-state index contributed by atoms with van der Waals surface area (Å²) in [6.45, 7) is 2.48. The molecule has 0 aliphatic carbocycles. The second kappa shape index (κ2) is 5.59. The van der Waals surface area contributed by atoms with Gasteiger partial charge in [0.25, 0.3) is 0 Å². The van der Waals surface area contributed by atoms with Crippen molar-refractivity contribution in [2.24, 2.45) is 0 Å². The molecule has 106 valence electrons. The zero-order valence-electron chi connectivity index (χ0n) is 10.4. The van der Waals surface area contributed by atoms with E-state index in [0.717, 1.165) is 6.07 Å². The Hall–Kier alpha value is -0.940. The second-order valence-electron chi connectivity index (χ2n) is 4.73. The zero-order chi connectivity index (χ0) is 14.0. The van der Waals surface area contributed by atoms with Crippen LogP contribution in [-0.2, 0) is 10.9 Å². The summed E-state index contributed by atoms with van der Waals surface area (Å²) in [6, 6.07) is 3.78. The Kier molecular flexibility index (Phi) is 4.26. The number of hydrogen-bond donors (Lipinski definition) is 1. The Morgan fingerprint density at radius 3 is 2.74 bits per heavy atom. The number of alkyl halides is 3. The van der Waals surface area contributed by atoms with E-state index in [-0.39, 0.29) is 22.9 Å². The van der Waals surface area contributed by atoms with Crippen LogP contribution in [0.25, 0.3) is 0 Å². The molecule has 1 aliphatic heterocycles. The Morgan fingerprint density at radius 1 is 1.37 bits per heavy atom. The van der Waals surface area contributed by atoms with Crippen LogP contribution in [-0.4, -0.2) is 18.8 Å². The maximum atomic E-state index is 12.9. The van der Waals surface area contributed by atoms with Gasteiger partial charge in [0.05, 0.1) is 11.7 Å². The largest absolute Gasteiger partial charge is 0.418 e. The van der Waals surface area contributed by atoms with Crippen molar-refractivity contribution in [2.75, 3.05) is 11.9 Å². The molecule has 0 amide bonds. The van der Waals surface area contributed by atoms with E-state index in [0.29, 0.717) is 19.4 Å². The van der Waals surface area contributed by atoms with Crippen molar-refractivity contribution in [1.29, 1.82) is 0 Å². The van der Waals surface area contributed by atoms with Crippen LogP contribution in [0.4, 0.5) is 18.9 Å². The number of halogens is 4. The predicted molar refractivity (Wildman–Crippen MR) is 68.5 cm³/mol. The van der Waals surface area contributed by atoms with E-state index in [4.69, 9.17) is 16.3 Å². The van der Waals surface area contributed by atoms with E-state index in [1.54, 1.807) is 0 Å². The molecular weight excluding hydrogens is 279 g/mol. The van der Waals surface area contributed by atoms with E-state index in [9.17, 15) is 13.2 Å². The van der Waals surface area contributed by atoms with Crippen LogP contribution in [0.3, 0.4) is 0 Å². The average molecular weight is 294 g/mol. The fourth-order valence-corrected chi connectivity index (χ4v) is 2.40. The lowest BCUT2D eigenvalue weighted by molar-refractivity contribution is -0.137. The summed E-state index contributed by atoms with van der Waals surface area (Å²) in [5, 5.41) is 3.04. The van der Waals surface area contributed by atoms with Gasteiger partial charge in [-0.3, -0.25) is 0 Å². The third kappa shape index (κ3) is 3.76. The summed E-state index contributed by atoms with van der Waals surface area (Å²) in [5.74, 6) is 0. The van der Waals surface area contributed by atoms with Crippen LogP contribution >= 0.6 is 11.6 Å². The number of nitrogens with one attached hydrogen (secondary N) is 1. The molecule has 1 aromatic carbocycles. The SMILES string of the molecule is CC1CC(Nc2ccc(Cl)cc2C(F)(F)F)CCO1. The second-order valence-corrected chi connectivity index (χ2v) is 5.17. The van der Waals surface area contributed by atoms with Gasteiger partial charge >= 0.3 is 6.18 Å². The highest BCUT2D eigenvalue weighted by Crippen LogP contribution is 2.37. The van der Waals surface area contributed by atoms with Crippen LogP contribution in [0.15, 0.2) is 18.2 Å². The van der Waals surface area contributed by atoms with Crippen molar-refractivity contribution in [3.05, 3.63) is 28.8 Å². The molecule has 2 unspecified atom stereocenters. The van der Waals surface area contributed by atoms with Crippen molar-refractivity contribution >= 4 is 17.3 Å². The molecule has 1 aliphatic rings. The number of anilines is 1. The summed E-state index contributed by atoms with van der Waals surface area (Å²) in [5.41, 5.74) is -0.643. The Bertz CT molecular complexity index is 450. The number of rotatable bonds is 2. The molecule has 6 heteroatoms. The third-order valence-electron chi connectivity index (χ3n) is 3.13. The first-order valence-corrected chi connectivity index (χ1v) is 6.49. The minimum atomic E-state index is -4.41. The first kappa shape index (κ1) is 14.5. The lowest BCUT2D eigenvalue weighted by atomic mass is 10.0. The summed E-state index contributed by atoms with van der Waals surface area (Å²) in [6.07, 6.45) is -2.96. The molecule has 1 aromatic rings. The highest BCUT2D eigenvalue weighted by Gasteiger charge is 2.34. The smallest absolute Gasteiger partial charge is 0.382 e. The van der Waals surface area contributed by atoms with Crippen molar-refractivity contribution in [3.8, 4) is 0 Å². The van der Waals surface area contributed by atoms with Crippen molar-refractivity contribution in [2.45, 2.75) is 38.1 Å². The van der Waals surface area contributed by atoms with Crippen LogP contribution in [0.5, 0.6) is 0 Å². The van der Waals surface area contributed by atoms with Crippen LogP contribution in [0.1, 0.15) is 25.3 Å². The molecule has 19 heavy (non-hydrogen) atoms. The van der Waals surface area contributed by atoms with E-state index in [2.05, 4.69) is 5.32 Å². The maximum absolute atomic E-state index is 12.9. The average Bonchev–Trinajstić information content (AvgIpc) is 2.30. The molecule has 0 bridgehead atoms. The summed E-state index contributed by atoms with van der Waals surface area (Å²) in [4.78, 5) is 0. The highest BCUT2D eigenvalue weighted by molar-refractivity contribution is 6.30. The van der Waals surface area contributed by atoms with Gasteiger partial charge in [-0.25, -0.2) is 0 Å². The molecule has 1 N–H and O–H groups in total. The fraction of sp³-hybridized carbons (Fsp3) is 0.538. The Labute approximate surface area is 114 Å². The Morgan fingerprint density at radius 2 is 2.11 bits per heavy atom. The summed E-state index contributed by atoms with van der Waals surface area (Å²) < 4.78 is 44.2. The van der Waals surface area contributed by atoms with Gasteiger partial charge in [-0.1, -0.05) is 11.6 Å². The van der Waals surface area contributed by atoms with Crippen LogP contribution in [0.2, 0.25) is 5.02 Å². The van der Waals surface area contributed by atoms with Crippen LogP contribution < -0.4 is 5.32 Å². The molecule has 2 nitrogen and oxygen atoms in total. The van der Waals surface area contributed by atoms with E-state index in [1.165, 1.54) is 12.1 Å². The quantitative estimate of drug-likeness (QED) is 0.876. The maximum Gasteiger partial charge on any atom is 0.418 e. The van der Waals surface area contributed by atoms with E-state index in [1.807, 2.05) is 6.92 Å². The number of benzene rings is 1. The molecule has 1 heterocycles. The molecule has 2 atom stereocenters. The number of ether oxygens (including phenoxy) is 1. The van der Waals surface area contributed by atoms with E-state index >= 15 is 0 Å². The molecule has 2 rings (SSSR count). The van der Waals surface area contributed by atoms with Gasteiger partial charge in [-0.05, 0) is 38.0 Å². The molecule has 1 saturated heterocycles. The number of hydrogen-bond acceptors (Lipinski definition) is 2. The topological polar surface area (TPSA) is 21.3 Å². The van der Waals surface area contributed by atoms with Gasteiger partial charge in [0.1, 0.15) is 0 Å². The third-order valence-corrected chi connectivity index (χ3v) is 3.37. The minimum Gasteiger partial charge on any atom is -0.382 e. The van der Waals surface area contributed by atoms with E-state index < -0.39 is 11.7 Å². The monoisotopic (exact) mass is 293 g/mol. The first-order valence-electron chi connectivity index (χ1n) is 6.11. The normalized spacial score (nSPS) is 24.3. The lowest BCUT2D eigenvalue weighted by Gasteiger charge is -2.29. The zero-order valence-corrected chi connectivity index (χ0v) is 11.2. The summed E-state index contributed by atoms with van der Waals surface area (Å²) >= 11 is 5.64. The minimum absolute atomic E-state index is 0.00831. The Balaban J connectivity index is 2.20. The molecule has 1 fully saturated rings. The first-order chi connectivity index (χ1) is 8.86. The predicted octanol–water partition coefficient (Wildman–Crippen LogP) is 4.34. The molecular formula is C13H15ClF3NO. The highest BCUT2D eigenvalue weighted by atomic mass is 35.5. The van der Waals surface area contributed by atoms with Gasteiger partial charge in [-0.15, -0.1) is 0 Å². The van der Waals surface area contributed by atoms with Gasteiger partial charge in [-0.2, -0.15) is 13.2 Å². The van der Waals surface area contributed by atoms with Gasteiger partial charge in [0, 0.05) is 23.4 Å². The van der Waals surface area contributed by atoms with Gasteiger partial charge in [0.2, 0.25) is 0 Å². The molecule has 0 radical (unpaired) electrons. The fourth-order valence-electron chi connectivity index (χ4n) is 2.23. The summed E-state index contributed by atoms with van der Waals surface area (Å²) in [7, 11) is 0. The van der Waals surface area contributed by atoms with Crippen LogP contribution in [0, 0.1) is 0 Å². The van der Waals surface area contributed by atoms with Crippen molar-refractivity contribution in [1.82, 2.24) is 0 Å². The molecule has 0 saturated carbocycles. The van der Waals surface area contributed by atoms with Gasteiger partial charge in [0.15, 0.2) is 0 Å².